The van der Waals surface area contributed by atoms with Gasteiger partial charge in [0.05, 0.1) is 11.2 Å². The summed E-state index contributed by atoms with van der Waals surface area (Å²) in [5, 5.41) is 10.6. The van der Waals surface area contributed by atoms with Crippen molar-refractivity contribution in [2.75, 3.05) is 0 Å². The number of hydrogen-bond acceptors (Lipinski definition) is 4. The number of carbonyl (C=O) groups is 1. The van der Waals surface area contributed by atoms with Crippen molar-refractivity contribution in [1.82, 2.24) is 0 Å². The van der Waals surface area contributed by atoms with Gasteiger partial charge >= 0.3 is 7.12 Å². The molecule has 0 amide bonds. The molecule has 0 spiro atoms. The van der Waals surface area contributed by atoms with E-state index < -0.39 is 29.3 Å². The summed E-state index contributed by atoms with van der Waals surface area (Å²) >= 11 is 0. The lowest BCUT2D eigenvalue weighted by atomic mass is 9.78. The van der Waals surface area contributed by atoms with Crippen LogP contribution in [-0.4, -0.2) is 34.8 Å². The second-order valence-corrected chi connectivity index (χ2v) is 9.04. The van der Waals surface area contributed by atoms with Crippen LogP contribution < -0.4 is 5.46 Å². The van der Waals surface area contributed by atoms with E-state index in [-0.39, 0.29) is 5.78 Å². The van der Waals surface area contributed by atoms with Gasteiger partial charge in [-0.2, -0.15) is 0 Å². The molecular weight excluding hydrogens is 327 g/mol. The maximum Gasteiger partial charge on any atom is 0.494 e. The predicted octanol–water partition coefficient (Wildman–Crippen LogP) is 2.46. The van der Waals surface area contributed by atoms with Gasteiger partial charge in [-0.05, 0) is 58.1 Å². The number of rotatable bonds is 1. The molecule has 5 heteroatoms. The summed E-state index contributed by atoms with van der Waals surface area (Å²) in [4.78, 5) is 12.4. The van der Waals surface area contributed by atoms with Crippen LogP contribution in [0.5, 0.6) is 0 Å². The molecule has 3 rings (SSSR count). The summed E-state index contributed by atoms with van der Waals surface area (Å²) in [7, 11) is -0.461. The van der Waals surface area contributed by atoms with E-state index in [0.717, 1.165) is 11.0 Å². The molecule has 1 saturated carbocycles. The van der Waals surface area contributed by atoms with Gasteiger partial charge in [-0.15, -0.1) is 0 Å². The first-order valence-electron chi connectivity index (χ1n) is 9.12. The quantitative estimate of drug-likeness (QED) is 0.622. The number of Topliss-reactive ketones (excluding diaryl/α,β-unsaturated/α-hetero) is 1. The van der Waals surface area contributed by atoms with E-state index in [4.69, 9.17) is 9.31 Å². The molecule has 2 aliphatic rings. The molecule has 2 fully saturated rings. The van der Waals surface area contributed by atoms with Crippen molar-refractivity contribution in [2.45, 2.75) is 71.2 Å². The Hall–Kier alpha value is -1.61. The minimum atomic E-state index is -1.55. The molecule has 1 aromatic rings. The average molecular weight is 354 g/mol. The molecule has 1 aliphatic carbocycles. The fraction of sp³-hybridized carbons (Fsp3) is 0.571. The predicted molar refractivity (Wildman–Crippen MR) is 102 cm³/mol. The smallest absolute Gasteiger partial charge is 0.399 e. The van der Waals surface area contributed by atoms with E-state index in [1.807, 2.05) is 65.8 Å². The Morgan fingerprint density at radius 1 is 1.04 bits per heavy atom. The lowest BCUT2D eigenvalue weighted by Crippen LogP contribution is -2.41. The topological polar surface area (TPSA) is 55.8 Å². The fourth-order valence-corrected chi connectivity index (χ4v) is 3.32. The SMILES string of the molecule is CC1(C)CC[C@](O)(C#Cc2cccc(B3OC(C)(C)C(C)(C)O3)c2)C1=O. The Kier molecular flexibility index (Phi) is 4.39. The Labute approximate surface area is 156 Å². The molecule has 1 heterocycles. The van der Waals surface area contributed by atoms with E-state index in [2.05, 4.69) is 11.8 Å². The first-order chi connectivity index (χ1) is 11.9. The van der Waals surface area contributed by atoms with Gasteiger partial charge in [-0.25, -0.2) is 0 Å². The van der Waals surface area contributed by atoms with Crippen LogP contribution in [0.3, 0.4) is 0 Å². The normalized spacial score (nSPS) is 28.7. The van der Waals surface area contributed by atoms with Crippen LogP contribution in [0.25, 0.3) is 0 Å². The number of benzene rings is 1. The summed E-state index contributed by atoms with van der Waals surface area (Å²) in [6.07, 6.45) is 1.02. The van der Waals surface area contributed by atoms with Gasteiger partial charge in [0.1, 0.15) is 0 Å². The van der Waals surface area contributed by atoms with Crippen molar-refractivity contribution in [1.29, 1.82) is 0 Å². The Morgan fingerprint density at radius 2 is 1.65 bits per heavy atom. The van der Waals surface area contributed by atoms with Gasteiger partial charge in [-0.1, -0.05) is 37.8 Å². The zero-order valence-electron chi connectivity index (χ0n) is 16.5. The van der Waals surface area contributed by atoms with E-state index in [1.54, 1.807) is 0 Å². The van der Waals surface area contributed by atoms with Crippen LogP contribution in [0.15, 0.2) is 24.3 Å². The number of hydrogen-bond donors (Lipinski definition) is 1. The highest BCUT2D eigenvalue weighted by molar-refractivity contribution is 6.62. The van der Waals surface area contributed by atoms with Gasteiger partial charge in [-0.3, -0.25) is 4.79 Å². The van der Waals surface area contributed by atoms with Crippen molar-refractivity contribution < 1.29 is 19.2 Å². The third-order valence-corrected chi connectivity index (χ3v) is 5.93. The first kappa shape index (κ1) is 19.2. The van der Waals surface area contributed by atoms with Crippen LogP contribution in [0.2, 0.25) is 0 Å². The highest BCUT2D eigenvalue weighted by Gasteiger charge is 2.52. The molecule has 0 unspecified atom stereocenters. The van der Waals surface area contributed by atoms with Gasteiger partial charge < -0.3 is 14.4 Å². The van der Waals surface area contributed by atoms with Crippen LogP contribution >= 0.6 is 0 Å². The van der Waals surface area contributed by atoms with Crippen molar-refractivity contribution >= 4 is 18.4 Å². The van der Waals surface area contributed by atoms with Crippen molar-refractivity contribution in [3.05, 3.63) is 29.8 Å². The molecule has 0 aromatic heterocycles. The Balaban J connectivity index is 1.84. The molecule has 0 bridgehead atoms. The third kappa shape index (κ3) is 3.22. The van der Waals surface area contributed by atoms with Crippen molar-refractivity contribution in [3.63, 3.8) is 0 Å². The third-order valence-electron chi connectivity index (χ3n) is 5.93. The summed E-state index contributed by atoms with van der Waals surface area (Å²) in [5.41, 5.74) is -1.28. The highest BCUT2D eigenvalue weighted by atomic mass is 16.7. The zero-order chi connectivity index (χ0) is 19.4. The summed E-state index contributed by atoms with van der Waals surface area (Å²) in [6, 6.07) is 7.57. The lowest BCUT2D eigenvalue weighted by Gasteiger charge is -2.32. The first-order valence-corrected chi connectivity index (χ1v) is 9.12. The van der Waals surface area contributed by atoms with Crippen LogP contribution in [0, 0.1) is 17.3 Å². The van der Waals surface area contributed by atoms with Gasteiger partial charge in [0.2, 0.25) is 0 Å². The molecule has 1 saturated heterocycles. The summed E-state index contributed by atoms with van der Waals surface area (Å²) in [5.74, 6) is 5.58. The van der Waals surface area contributed by atoms with Gasteiger partial charge in [0.25, 0.3) is 0 Å². The number of carbonyl (C=O) groups excluding carboxylic acids is 1. The van der Waals surface area contributed by atoms with Crippen molar-refractivity contribution in [3.8, 4) is 11.8 Å². The zero-order valence-corrected chi connectivity index (χ0v) is 16.5. The van der Waals surface area contributed by atoms with Crippen LogP contribution in [0.4, 0.5) is 0 Å². The van der Waals surface area contributed by atoms with E-state index >= 15 is 0 Å². The standard InChI is InChI=1S/C21H27BO4/c1-18(2)12-13-21(24,17(18)23)11-10-15-8-7-9-16(14-15)22-25-19(3,4)20(5,6)26-22/h7-9,14,24H,12-13H2,1-6H3/t21-/m1/s1. The molecule has 1 aliphatic heterocycles. The van der Waals surface area contributed by atoms with Crippen LogP contribution in [-0.2, 0) is 14.1 Å². The average Bonchev–Trinajstić information content (AvgIpc) is 2.90. The molecule has 1 aromatic carbocycles. The summed E-state index contributed by atoms with van der Waals surface area (Å²) in [6.45, 7) is 11.8. The molecular formula is C21H27BO4. The Morgan fingerprint density at radius 3 is 2.19 bits per heavy atom. The highest BCUT2D eigenvalue weighted by Crippen LogP contribution is 2.40. The number of aliphatic hydroxyl groups is 1. The second-order valence-electron chi connectivity index (χ2n) is 9.04. The maximum absolute atomic E-state index is 12.4. The number of ketones is 1. The minimum Gasteiger partial charge on any atom is -0.399 e. The minimum absolute atomic E-state index is 0.195. The molecule has 138 valence electrons. The van der Waals surface area contributed by atoms with Crippen molar-refractivity contribution in [2.24, 2.45) is 5.41 Å². The van der Waals surface area contributed by atoms with Gasteiger partial charge in [0.15, 0.2) is 11.4 Å². The summed E-state index contributed by atoms with van der Waals surface area (Å²) < 4.78 is 12.1. The Bertz CT molecular complexity index is 784. The van der Waals surface area contributed by atoms with E-state index in [0.29, 0.717) is 12.8 Å². The molecule has 0 radical (unpaired) electrons. The van der Waals surface area contributed by atoms with Gasteiger partial charge in [0, 0.05) is 11.0 Å². The maximum atomic E-state index is 12.4. The lowest BCUT2D eigenvalue weighted by molar-refractivity contribution is -0.135. The largest absolute Gasteiger partial charge is 0.494 e. The molecule has 4 nitrogen and oxygen atoms in total. The van der Waals surface area contributed by atoms with E-state index in [1.165, 1.54) is 0 Å². The molecule has 26 heavy (non-hydrogen) atoms. The fourth-order valence-electron chi connectivity index (χ4n) is 3.32. The van der Waals surface area contributed by atoms with E-state index in [9.17, 15) is 9.90 Å². The second kappa shape index (κ2) is 5.95. The van der Waals surface area contributed by atoms with Crippen LogP contribution in [0.1, 0.15) is 59.9 Å². The molecule has 1 N–H and O–H groups in total. The monoisotopic (exact) mass is 354 g/mol. The molecule has 1 atom stereocenters.